The van der Waals surface area contributed by atoms with Crippen molar-refractivity contribution in [3.05, 3.63) is 63.7 Å². The van der Waals surface area contributed by atoms with Crippen LogP contribution in [0, 0.1) is 9.49 Å². The Bertz CT molecular complexity index is 774. The molecule has 2 N–H and O–H groups in total. The lowest BCUT2D eigenvalue weighted by molar-refractivity contribution is -0.126. The van der Waals surface area contributed by atoms with Crippen molar-refractivity contribution >= 4 is 40.1 Å². The zero-order valence-corrected chi connectivity index (χ0v) is 17.3. The Kier molecular flexibility index (Phi) is 7.23. The van der Waals surface area contributed by atoms with Crippen molar-refractivity contribution in [2.75, 3.05) is 25.0 Å². The van der Waals surface area contributed by atoms with Gasteiger partial charge in [0, 0.05) is 21.7 Å². The summed E-state index contributed by atoms with van der Waals surface area (Å²) in [5, 5.41) is 5.96. The number of carbonyl (C=O) groups excluding carboxylic acids is 2. The zero-order chi connectivity index (χ0) is 19.1. The fourth-order valence-electron chi connectivity index (χ4n) is 3.25. The van der Waals surface area contributed by atoms with Gasteiger partial charge in [-0.3, -0.25) is 14.5 Å². The molecule has 0 aromatic heterocycles. The molecule has 0 spiro atoms. The molecule has 6 heteroatoms. The van der Waals surface area contributed by atoms with E-state index in [-0.39, 0.29) is 17.7 Å². The van der Waals surface area contributed by atoms with E-state index in [1.54, 1.807) is 0 Å². The smallest absolute Gasteiger partial charge is 0.238 e. The van der Waals surface area contributed by atoms with Gasteiger partial charge in [-0.1, -0.05) is 36.4 Å². The minimum Gasteiger partial charge on any atom is -0.352 e. The number of hydrogen-bond donors (Lipinski definition) is 2. The van der Waals surface area contributed by atoms with E-state index < -0.39 is 0 Å². The molecule has 2 aromatic rings. The van der Waals surface area contributed by atoms with Gasteiger partial charge in [-0.2, -0.15) is 0 Å². The number of nitrogens with zero attached hydrogens (tertiary/aromatic N) is 1. The minimum absolute atomic E-state index is 0.0102. The number of carbonyl (C=O) groups is 2. The molecular formula is C21H24IN3O2. The molecule has 5 nitrogen and oxygen atoms in total. The maximum atomic E-state index is 12.4. The molecule has 2 aromatic carbocycles. The van der Waals surface area contributed by atoms with Crippen molar-refractivity contribution in [1.82, 2.24) is 10.2 Å². The minimum atomic E-state index is -0.0102. The Labute approximate surface area is 173 Å². The molecular weight excluding hydrogens is 453 g/mol. The Hall–Kier alpha value is -1.93. The maximum Gasteiger partial charge on any atom is 0.238 e. The van der Waals surface area contributed by atoms with Crippen molar-refractivity contribution in [3.8, 4) is 0 Å². The molecule has 0 atom stereocenters. The summed E-state index contributed by atoms with van der Waals surface area (Å²) in [4.78, 5) is 26.7. The molecule has 2 amide bonds. The molecule has 0 aliphatic carbocycles. The van der Waals surface area contributed by atoms with Gasteiger partial charge in [-0.15, -0.1) is 0 Å². The summed E-state index contributed by atoms with van der Waals surface area (Å²) >= 11 is 2.23. The highest BCUT2D eigenvalue weighted by atomic mass is 127. The van der Waals surface area contributed by atoms with Crippen LogP contribution < -0.4 is 10.6 Å². The number of likely N-dealkylation sites (tertiary alicyclic amines) is 1. The Morgan fingerprint density at radius 1 is 1.04 bits per heavy atom. The average molecular weight is 477 g/mol. The van der Waals surface area contributed by atoms with Crippen molar-refractivity contribution in [2.24, 2.45) is 5.92 Å². The van der Waals surface area contributed by atoms with E-state index >= 15 is 0 Å². The second-order valence-electron chi connectivity index (χ2n) is 6.81. The van der Waals surface area contributed by atoms with E-state index in [1.165, 1.54) is 0 Å². The Morgan fingerprint density at radius 2 is 1.78 bits per heavy atom. The van der Waals surface area contributed by atoms with Crippen molar-refractivity contribution in [2.45, 2.75) is 19.4 Å². The fourth-order valence-corrected chi connectivity index (χ4v) is 3.80. The van der Waals surface area contributed by atoms with E-state index in [1.807, 2.05) is 54.6 Å². The summed E-state index contributed by atoms with van der Waals surface area (Å²) < 4.78 is 1.09. The third kappa shape index (κ3) is 6.32. The standard InChI is InChI=1S/C21H24IN3O2/c22-18-7-4-8-19(13-18)24-20(26)15-25-11-9-17(10-12-25)21(27)23-14-16-5-2-1-3-6-16/h1-8,13,17H,9-12,14-15H2,(H,23,27)(H,24,26). The van der Waals surface area contributed by atoms with Gasteiger partial charge in [-0.05, 0) is 72.3 Å². The number of rotatable bonds is 6. The lowest BCUT2D eigenvalue weighted by Crippen LogP contribution is -2.43. The highest BCUT2D eigenvalue weighted by Crippen LogP contribution is 2.18. The number of nitrogens with one attached hydrogen (secondary N) is 2. The molecule has 3 rings (SSSR count). The van der Waals surface area contributed by atoms with Crippen LogP contribution in [0.15, 0.2) is 54.6 Å². The van der Waals surface area contributed by atoms with Crippen LogP contribution in [0.25, 0.3) is 0 Å². The van der Waals surface area contributed by atoms with Crippen LogP contribution in [0.5, 0.6) is 0 Å². The molecule has 0 bridgehead atoms. The first-order valence-corrected chi connectivity index (χ1v) is 10.3. The molecule has 1 heterocycles. The Morgan fingerprint density at radius 3 is 2.48 bits per heavy atom. The largest absolute Gasteiger partial charge is 0.352 e. The van der Waals surface area contributed by atoms with Gasteiger partial charge in [-0.25, -0.2) is 0 Å². The van der Waals surface area contributed by atoms with Crippen LogP contribution in [0.3, 0.4) is 0 Å². The van der Waals surface area contributed by atoms with Crippen LogP contribution in [-0.4, -0.2) is 36.3 Å². The topological polar surface area (TPSA) is 61.4 Å². The van der Waals surface area contributed by atoms with E-state index in [0.717, 1.165) is 40.8 Å². The Balaban J connectivity index is 1.39. The first-order chi connectivity index (χ1) is 13.1. The van der Waals surface area contributed by atoms with Crippen molar-refractivity contribution < 1.29 is 9.59 Å². The molecule has 1 aliphatic rings. The second kappa shape index (κ2) is 9.85. The lowest BCUT2D eigenvalue weighted by Gasteiger charge is -2.30. The molecule has 0 unspecified atom stereocenters. The van der Waals surface area contributed by atoms with Crippen LogP contribution in [0.1, 0.15) is 18.4 Å². The quantitative estimate of drug-likeness (QED) is 0.629. The van der Waals surface area contributed by atoms with E-state index in [0.29, 0.717) is 13.1 Å². The van der Waals surface area contributed by atoms with Crippen LogP contribution in [0.4, 0.5) is 5.69 Å². The maximum absolute atomic E-state index is 12.4. The number of hydrogen-bond acceptors (Lipinski definition) is 3. The number of amides is 2. The highest BCUT2D eigenvalue weighted by Gasteiger charge is 2.25. The molecule has 142 valence electrons. The van der Waals surface area contributed by atoms with Crippen LogP contribution in [0.2, 0.25) is 0 Å². The summed E-state index contributed by atoms with van der Waals surface area (Å²) in [6.07, 6.45) is 1.58. The van der Waals surface area contributed by atoms with E-state index in [4.69, 9.17) is 0 Å². The number of anilines is 1. The van der Waals surface area contributed by atoms with Gasteiger partial charge in [0.25, 0.3) is 0 Å². The van der Waals surface area contributed by atoms with E-state index in [2.05, 4.69) is 38.1 Å². The third-order valence-electron chi connectivity index (χ3n) is 4.74. The summed E-state index contributed by atoms with van der Waals surface area (Å²) in [5.74, 6) is 0.134. The summed E-state index contributed by atoms with van der Waals surface area (Å²) in [6, 6.07) is 17.7. The van der Waals surface area contributed by atoms with Gasteiger partial charge >= 0.3 is 0 Å². The SMILES string of the molecule is O=C(CN1CCC(C(=O)NCc2ccccc2)CC1)Nc1cccc(I)c1. The number of halogens is 1. The molecule has 0 saturated carbocycles. The summed E-state index contributed by atoms with van der Waals surface area (Å²) in [7, 11) is 0. The van der Waals surface area contributed by atoms with Crippen molar-refractivity contribution in [1.29, 1.82) is 0 Å². The number of benzene rings is 2. The van der Waals surface area contributed by atoms with Gasteiger partial charge in [0.15, 0.2) is 0 Å². The van der Waals surface area contributed by atoms with Gasteiger partial charge in [0.2, 0.25) is 11.8 Å². The predicted octanol–water partition coefficient (Wildman–Crippen LogP) is 3.26. The second-order valence-corrected chi connectivity index (χ2v) is 8.06. The van der Waals surface area contributed by atoms with Gasteiger partial charge in [0.1, 0.15) is 0 Å². The fraction of sp³-hybridized carbons (Fsp3) is 0.333. The number of piperidine rings is 1. The molecule has 27 heavy (non-hydrogen) atoms. The highest BCUT2D eigenvalue weighted by molar-refractivity contribution is 14.1. The van der Waals surface area contributed by atoms with E-state index in [9.17, 15) is 9.59 Å². The van der Waals surface area contributed by atoms with Gasteiger partial charge < -0.3 is 10.6 Å². The molecule has 1 aliphatic heterocycles. The average Bonchev–Trinajstić information content (AvgIpc) is 2.67. The first-order valence-electron chi connectivity index (χ1n) is 9.19. The zero-order valence-electron chi connectivity index (χ0n) is 15.2. The lowest BCUT2D eigenvalue weighted by atomic mass is 9.96. The monoisotopic (exact) mass is 477 g/mol. The summed E-state index contributed by atoms with van der Waals surface area (Å²) in [5.41, 5.74) is 1.93. The van der Waals surface area contributed by atoms with Gasteiger partial charge in [0.05, 0.1) is 6.54 Å². The predicted molar refractivity (Wildman–Crippen MR) is 115 cm³/mol. The first kappa shape index (κ1) is 19.8. The molecule has 1 fully saturated rings. The summed E-state index contributed by atoms with van der Waals surface area (Å²) in [6.45, 7) is 2.47. The normalized spacial score (nSPS) is 15.3. The third-order valence-corrected chi connectivity index (χ3v) is 5.41. The molecule has 0 radical (unpaired) electrons. The molecule has 1 saturated heterocycles. The van der Waals surface area contributed by atoms with Crippen molar-refractivity contribution in [3.63, 3.8) is 0 Å². The van der Waals surface area contributed by atoms with Crippen LogP contribution >= 0.6 is 22.6 Å². The van der Waals surface area contributed by atoms with Crippen LogP contribution in [-0.2, 0) is 16.1 Å².